The Morgan fingerprint density at radius 2 is 1.58 bits per heavy atom. The molecule has 2 saturated heterocycles. The molecule has 0 unspecified atom stereocenters. The lowest BCUT2D eigenvalue weighted by atomic mass is 10.2. The predicted molar refractivity (Wildman–Crippen MR) is 95.7 cm³/mol. The first-order chi connectivity index (χ1) is 12.6. The van der Waals surface area contributed by atoms with E-state index in [1.807, 2.05) is 24.3 Å². The molecule has 0 radical (unpaired) electrons. The van der Waals surface area contributed by atoms with E-state index in [2.05, 4.69) is 4.90 Å². The number of hydrogen-bond acceptors (Lipinski definition) is 6. The Kier molecular flexibility index (Phi) is 5.32. The summed E-state index contributed by atoms with van der Waals surface area (Å²) in [5.41, 5.74) is 0. The van der Waals surface area contributed by atoms with Crippen molar-refractivity contribution >= 4 is 10.2 Å². The largest absolute Gasteiger partial charge is 0.486 e. The predicted octanol–water partition coefficient (Wildman–Crippen LogP) is 0.0210. The fourth-order valence-electron chi connectivity index (χ4n) is 3.52. The van der Waals surface area contributed by atoms with Crippen LogP contribution in [0.25, 0.3) is 0 Å². The molecule has 2 fully saturated rings. The molecule has 0 bridgehead atoms. The van der Waals surface area contributed by atoms with E-state index in [-0.39, 0.29) is 6.10 Å². The Labute approximate surface area is 154 Å². The topological polar surface area (TPSA) is 71.6 Å². The molecular formula is C17H25N3O5S. The number of fused-ring (bicyclic) bond motifs is 1. The van der Waals surface area contributed by atoms with Crippen LogP contribution in [-0.4, -0.2) is 93.7 Å². The number of hydrogen-bond donors (Lipinski definition) is 0. The first-order valence-corrected chi connectivity index (χ1v) is 10.5. The molecule has 3 aliphatic rings. The molecule has 8 nitrogen and oxygen atoms in total. The number of rotatable bonds is 4. The van der Waals surface area contributed by atoms with Gasteiger partial charge in [-0.05, 0) is 12.1 Å². The highest BCUT2D eigenvalue weighted by atomic mass is 32.2. The van der Waals surface area contributed by atoms with Crippen LogP contribution < -0.4 is 9.47 Å². The Bertz CT molecular complexity index is 715. The summed E-state index contributed by atoms with van der Waals surface area (Å²) < 4.78 is 45.5. The molecule has 1 aromatic rings. The van der Waals surface area contributed by atoms with Crippen LogP contribution in [0.3, 0.4) is 0 Å². The van der Waals surface area contributed by atoms with E-state index in [1.165, 1.54) is 4.31 Å². The average molecular weight is 383 g/mol. The van der Waals surface area contributed by atoms with Crippen molar-refractivity contribution in [2.45, 2.75) is 6.10 Å². The van der Waals surface area contributed by atoms with Gasteiger partial charge >= 0.3 is 0 Å². The third-order valence-electron chi connectivity index (χ3n) is 4.98. The van der Waals surface area contributed by atoms with Gasteiger partial charge in [0.05, 0.1) is 13.2 Å². The second kappa shape index (κ2) is 7.69. The number of nitrogens with zero attached hydrogens (tertiary/aromatic N) is 3. The first-order valence-electron chi connectivity index (χ1n) is 9.07. The molecular weight excluding hydrogens is 358 g/mol. The third-order valence-corrected chi connectivity index (χ3v) is 7.02. The summed E-state index contributed by atoms with van der Waals surface area (Å²) >= 11 is 0. The summed E-state index contributed by atoms with van der Waals surface area (Å²) in [5.74, 6) is 1.56. The summed E-state index contributed by atoms with van der Waals surface area (Å²) in [6.45, 7) is 5.48. The van der Waals surface area contributed by atoms with Crippen molar-refractivity contribution in [2.75, 3.05) is 65.6 Å². The van der Waals surface area contributed by atoms with Crippen LogP contribution in [0.15, 0.2) is 24.3 Å². The van der Waals surface area contributed by atoms with Gasteiger partial charge in [-0.2, -0.15) is 17.0 Å². The van der Waals surface area contributed by atoms with Gasteiger partial charge in [0.15, 0.2) is 11.5 Å². The molecule has 9 heteroatoms. The van der Waals surface area contributed by atoms with Crippen LogP contribution in [-0.2, 0) is 14.9 Å². The molecule has 26 heavy (non-hydrogen) atoms. The lowest BCUT2D eigenvalue weighted by Crippen LogP contribution is -2.56. The monoisotopic (exact) mass is 383 g/mol. The van der Waals surface area contributed by atoms with Crippen molar-refractivity contribution in [2.24, 2.45) is 0 Å². The van der Waals surface area contributed by atoms with Gasteiger partial charge in [-0.1, -0.05) is 12.1 Å². The van der Waals surface area contributed by atoms with Gasteiger partial charge in [0.25, 0.3) is 10.2 Å². The Hall–Kier alpha value is -1.39. The molecule has 0 saturated carbocycles. The van der Waals surface area contributed by atoms with Crippen molar-refractivity contribution < 1.29 is 22.6 Å². The Morgan fingerprint density at radius 1 is 0.923 bits per heavy atom. The molecule has 0 aromatic heterocycles. The van der Waals surface area contributed by atoms with Crippen LogP contribution in [0.4, 0.5) is 0 Å². The van der Waals surface area contributed by atoms with E-state index in [4.69, 9.17) is 14.2 Å². The second-order valence-electron chi connectivity index (χ2n) is 6.72. The first kappa shape index (κ1) is 18.0. The minimum Gasteiger partial charge on any atom is -0.486 e. The lowest BCUT2D eigenvalue weighted by Gasteiger charge is -2.39. The van der Waals surface area contributed by atoms with Gasteiger partial charge in [-0.25, -0.2) is 0 Å². The normalized spacial score (nSPS) is 25.9. The minimum absolute atomic E-state index is 0.0349. The van der Waals surface area contributed by atoms with E-state index < -0.39 is 10.2 Å². The van der Waals surface area contributed by atoms with E-state index >= 15 is 0 Å². The van der Waals surface area contributed by atoms with E-state index in [0.29, 0.717) is 59.1 Å². The van der Waals surface area contributed by atoms with Crippen LogP contribution >= 0.6 is 0 Å². The maximum absolute atomic E-state index is 12.7. The van der Waals surface area contributed by atoms with Crippen molar-refractivity contribution in [3.8, 4) is 11.5 Å². The van der Waals surface area contributed by atoms with Gasteiger partial charge < -0.3 is 14.2 Å². The van der Waals surface area contributed by atoms with Crippen molar-refractivity contribution in [1.82, 2.24) is 13.5 Å². The summed E-state index contributed by atoms with van der Waals surface area (Å²) in [6.07, 6.45) is -0.0349. The molecule has 1 aromatic carbocycles. The zero-order chi connectivity index (χ0) is 18.0. The van der Waals surface area contributed by atoms with Crippen molar-refractivity contribution in [3.63, 3.8) is 0 Å². The lowest BCUT2D eigenvalue weighted by molar-refractivity contribution is 0.0466. The van der Waals surface area contributed by atoms with Gasteiger partial charge in [0.1, 0.15) is 12.7 Å². The molecule has 0 amide bonds. The molecule has 3 aliphatic heterocycles. The highest BCUT2D eigenvalue weighted by Gasteiger charge is 2.34. The van der Waals surface area contributed by atoms with Gasteiger partial charge in [0, 0.05) is 45.8 Å². The molecule has 1 atom stereocenters. The zero-order valence-corrected chi connectivity index (χ0v) is 15.6. The number of benzene rings is 1. The van der Waals surface area contributed by atoms with E-state index in [1.54, 1.807) is 4.31 Å². The van der Waals surface area contributed by atoms with Crippen LogP contribution in [0.5, 0.6) is 11.5 Å². The summed E-state index contributed by atoms with van der Waals surface area (Å²) in [7, 11) is -3.38. The van der Waals surface area contributed by atoms with E-state index in [9.17, 15) is 8.42 Å². The number of para-hydroxylation sites is 2. The SMILES string of the molecule is O=S(=O)(N1CCOCC1)N1CCN(C[C@@H]2COc3ccccc3O2)CC1. The Balaban J connectivity index is 1.29. The second-order valence-corrected chi connectivity index (χ2v) is 8.64. The van der Waals surface area contributed by atoms with Gasteiger partial charge in [0.2, 0.25) is 0 Å². The summed E-state index contributed by atoms with van der Waals surface area (Å²) in [6, 6.07) is 7.67. The van der Waals surface area contributed by atoms with Crippen molar-refractivity contribution in [1.29, 1.82) is 0 Å². The third kappa shape index (κ3) is 3.81. The highest BCUT2D eigenvalue weighted by molar-refractivity contribution is 7.86. The highest BCUT2D eigenvalue weighted by Crippen LogP contribution is 2.31. The fraction of sp³-hybridized carbons (Fsp3) is 0.647. The molecule has 3 heterocycles. The average Bonchev–Trinajstić information content (AvgIpc) is 2.69. The number of ether oxygens (including phenoxy) is 3. The molecule has 0 spiro atoms. The van der Waals surface area contributed by atoms with Gasteiger partial charge in [-0.3, -0.25) is 4.90 Å². The van der Waals surface area contributed by atoms with Crippen LogP contribution in [0.1, 0.15) is 0 Å². The molecule has 144 valence electrons. The number of morpholine rings is 1. The number of piperazine rings is 1. The maximum Gasteiger partial charge on any atom is 0.282 e. The van der Waals surface area contributed by atoms with E-state index in [0.717, 1.165) is 18.0 Å². The zero-order valence-electron chi connectivity index (χ0n) is 14.7. The maximum atomic E-state index is 12.7. The fourth-order valence-corrected chi connectivity index (χ4v) is 5.09. The van der Waals surface area contributed by atoms with Crippen molar-refractivity contribution in [3.05, 3.63) is 24.3 Å². The summed E-state index contributed by atoms with van der Waals surface area (Å²) in [4.78, 5) is 2.24. The quantitative estimate of drug-likeness (QED) is 0.730. The molecule has 0 N–H and O–H groups in total. The summed E-state index contributed by atoms with van der Waals surface area (Å²) in [5, 5.41) is 0. The molecule has 0 aliphatic carbocycles. The van der Waals surface area contributed by atoms with Gasteiger partial charge in [-0.15, -0.1) is 0 Å². The van der Waals surface area contributed by atoms with Crippen LogP contribution in [0, 0.1) is 0 Å². The standard InChI is InChI=1S/C17H25N3O5S/c21-26(22,20-9-11-23-12-10-20)19-7-5-18(6-8-19)13-15-14-24-16-3-1-2-4-17(16)25-15/h1-4,15H,5-14H2/t15-/m1/s1. The molecule has 4 rings (SSSR count). The minimum atomic E-state index is -3.38. The smallest absolute Gasteiger partial charge is 0.282 e. The Morgan fingerprint density at radius 3 is 2.31 bits per heavy atom. The van der Waals surface area contributed by atoms with Crippen LogP contribution in [0.2, 0.25) is 0 Å².